The van der Waals surface area contributed by atoms with Crippen molar-refractivity contribution in [3.63, 3.8) is 0 Å². The van der Waals surface area contributed by atoms with E-state index in [0.29, 0.717) is 13.2 Å². The van der Waals surface area contributed by atoms with Gasteiger partial charge >= 0.3 is 6.09 Å². The molecule has 1 aromatic carbocycles. The first-order valence-electron chi connectivity index (χ1n) is 6.11. The average molecular weight is 249 g/mol. The summed E-state index contributed by atoms with van der Waals surface area (Å²) >= 11 is 0. The van der Waals surface area contributed by atoms with Gasteiger partial charge in [0, 0.05) is 12.0 Å². The molecule has 1 aromatic rings. The van der Waals surface area contributed by atoms with Crippen molar-refractivity contribution in [3.8, 4) is 5.75 Å². The quantitative estimate of drug-likeness (QED) is 0.833. The van der Waals surface area contributed by atoms with Gasteiger partial charge in [0.2, 0.25) is 0 Å². The van der Waals surface area contributed by atoms with Gasteiger partial charge in [0.1, 0.15) is 11.9 Å². The number of fused-ring (bicyclic) bond motifs is 3. The van der Waals surface area contributed by atoms with E-state index in [0.717, 1.165) is 24.2 Å². The van der Waals surface area contributed by atoms with Crippen molar-refractivity contribution in [1.82, 2.24) is 5.32 Å². The van der Waals surface area contributed by atoms with Gasteiger partial charge in [-0.25, -0.2) is 4.79 Å². The van der Waals surface area contributed by atoms with Crippen LogP contribution in [0.5, 0.6) is 5.75 Å². The molecule has 1 unspecified atom stereocenters. The number of ether oxygens (including phenoxy) is 2. The zero-order valence-corrected chi connectivity index (χ0v) is 9.94. The zero-order chi connectivity index (χ0) is 12.5. The highest BCUT2D eigenvalue weighted by Gasteiger charge is 2.29. The largest absolute Gasteiger partial charge is 0.493 e. The van der Waals surface area contributed by atoms with E-state index in [1.165, 1.54) is 11.1 Å². The lowest BCUT2D eigenvalue weighted by molar-refractivity contribution is 0.0407. The number of hydrogen-bond donors (Lipinski definition) is 2. The third kappa shape index (κ3) is 1.90. The maximum absolute atomic E-state index is 10.6. The number of hydrogen-bond acceptors (Lipinski definition) is 3. The number of nitrogens with one attached hydrogen (secondary N) is 1. The highest BCUT2D eigenvalue weighted by atomic mass is 16.5. The highest BCUT2D eigenvalue weighted by Crippen LogP contribution is 2.39. The highest BCUT2D eigenvalue weighted by molar-refractivity contribution is 5.64. The van der Waals surface area contributed by atoms with Crippen LogP contribution in [0.15, 0.2) is 12.1 Å². The third-order valence-electron chi connectivity index (χ3n) is 3.44. The molecule has 0 saturated carbocycles. The normalized spacial score (nSPS) is 20.8. The maximum atomic E-state index is 10.6. The lowest BCUT2D eigenvalue weighted by Crippen LogP contribution is -2.31. The van der Waals surface area contributed by atoms with E-state index in [9.17, 15) is 4.79 Å². The Kier molecular flexibility index (Phi) is 2.83. The van der Waals surface area contributed by atoms with Gasteiger partial charge in [-0.05, 0) is 17.5 Å². The lowest BCUT2D eigenvalue weighted by atomic mass is 9.93. The molecule has 1 atom stereocenters. The fourth-order valence-electron chi connectivity index (χ4n) is 2.62. The van der Waals surface area contributed by atoms with E-state index < -0.39 is 6.09 Å². The zero-order valence-electron chi connectivity index (χ0n) is 9.94. The minimum Gasteiger partial charge on any atom is -0.493 e. The molecule has 0 aliphatic carbocycles. The van der Waals surface area contributed by atoms with Crippen LogP contribution >= 0.6 is 0 Å². The molecule has 0 bridgehead atoms. The first-order valence-corrected chi connectivity index (χ1v) is 6.11. The van der Waals surface area contributed by atoms with E-state index in [-0.39, 0.29) is 12.6 Å². The molecule has 0 saturated heterocycles. The molecule has 2 heterocycles. The summed E-state index contributed by atoms with van der Waals surface area (Å²) in [5, 5.41) is 11.1. The lowest BCUT2D eigenvalue weighted by Gasteiger charge is -2.27. The molecule has 96 valence electrons. The van der Waals surface area contributed by atoms with Crippen LogP contribution in [0.3, 0.4) is 0 Å². The van der Waals surface area contributed by atoms with Crippen LogP contribution < -0.4 is 10.1 Å². The van der Waals surface area contributed by atoms with Gasteiger partial charge < -0.3 is 19.9 Å². The summed E-state index contributed by atoms with van der Waals surface area (Å²) in [6.07, 6.45) is 0.508. The van der Waals surface area contributed by atoms with E-state index in [1.54, 1.807) is 0 Å². The second-order valence-electron chi connectivity index (χ2n) is 4.52. The molecular formula is C13H15NO4. The number of carboxylic acid groups (broad SMARTS) is 1. The topological polar surface area (TPSA) is 67.8 Å². The van der Waals surface area contributed by atoms with Crippen molar-refractivity contribution in [2.75, 3.05) is 19.8 Å². The van der Waals surface area contributed by atoms with E-state index >= 15 is 0 Å². The summed E-state index contributed by atoms with van der Waals surface area (Å²) in [6, 6.07) is 4.22. The molecule has 18 heavy (non-hydrogen) atoms. The minimum atomic E-state index is -1.03. The smallest absolute Gasteiger partial charge is 0.404 e. The monoisotopic (exact) mass is 249 g/mol. The van der Waals surface area contributed by atoms with E-state index in [4.69, 9.17) is 14.6 Å². The molecule has 2 N–H and O–H groups in total. The molecule has 5 nitrogen and oxygen atoms in total. The molecule has 2 aliphatic rings. The molecular weight excluding hydrogens is 234 g/mol. The standard InChI is InChI=1S/C13H15NO4/c15-13(16)14-7-10-11-8(3-5-17-10)1-2-9-4-6-18-12(9)11/h1-2,10,14H,3-7H2,(H,15,16). The summed E-state index contributed by atoms with van der Waals surface area (Å²) in [7, 11) is 0. The molecule has 2 aliphatic heterocycles. The van der Waals surface area contributed by atoms with Crippen molar-refractivity contribution in [2.24, 2.45) is 0 Å². The molecule has 1 amide bonds. The third-order valence-corrected chi connectivity index (χ3v) is 3.44. The number of benzene rings is 1. The summed E-state index contributed by atoms with van der Waals surface area (Å²) in [5.41, 5.74) is 3.43. The Morgan fingerprint density at radius 3 is 2.94 bits per heavy atom. The summed E-state index contributed by atoms with van der Waals surface area (Å²) < 4.78 is 11.4. The SMILES string of the molecule is O=C(O)NCC1OCCc2ccc3c(c21)OCC3. The Bertz CT molecular complexity index is 486. The summed E-state index contributed by atoms with van der Waals surface area (Å²) in [6.45, 7) is 1.59. The Labute approximate surface area is 105 Å². The average Bonchev–Trinajstić information content (AvgIpc) is 2.84. The van der Waals surface area contributed by atoms with Crippen LogP contribution in [0.4, 0.5) is 4.79 Å². The minimum absolute atomic E-state index is 0.238. The second-order valence-corrected chi connectivity index (χ2v) is 4.52. The first-order chi connectivity index (χ1) is 8.75. The first kappa shape index (κ1) is 11.3. The van der Waals surface area contributed by atoms with Crippen LogP contribution in [0.25, 0.3) is 0 Å². The molecule has 0 fully saturated rings. The Hall–Kier alpha value is -1.75. The Balaban J connectivity index is 1.93. The van der Waals surface area contributed by atoms with Crippen molar-refractivity contribution in [2.45, 2.75) is 18.9 Å². The van der Waals surface area contributed by atoms with Crippen LogP contribution in [0, 0.1) is 0 Å². The van der Waals surface area contributed by atoms with Crippen LogP contribution in [-0.4, -0.2) is 31.0 Å². The molecule has 5 heteroatoms. The van der Waals surface area contributed by atoms with Crippen molar-refractivity contribution >= 4 is 6.09 Å². The number of carbonyl (C=O) groups is 1. The van der Waals surface area contributed by atoms with Gasteiger partial charge in [-0.15, -0.1) is 0 Å². The number of amides is 1. The van der Waals surface area contributed by atoms with Crippen molar-refractivity contribution in [3.05, 3.63) is 28.8 Å². The van der Waals surface area contributed by atoms with E-state index in [2.05, 4.69) is 17.4 Å². The summed E-state index contributed by atoms with van der Waals surface area (Å²) in [5.74, 6) is 0.907. The summed E-state index contributed by atoms with van der Waals surface area (Å²) in [4.78, 5) is 10.6. The van der Waals surface area contributed by atoms with Gasteiger partial charge in [-0.2, -0.15) is 0 Å². The van der Waals surface area contributed by atoms with Crippen LogP contribution in [0.1, 0.15) is 22.8 Å². The van der Waals surface area contributed by atoms with Gasteiger partial charge in [-0.1, -0.05) is 12.1 Å². The van der Waals surface area contributed by atoms with Gasteiger partial charge in [0.15, 0.2) is 0 Å². The van der Waals surface area contributed by atoms with Crippen molar-refractivity contribution < 1.29 is 19.4 Å². The predicted octanol–water partition coefficient (Wildman–Crippen LogP) is 1.50. The fourth-order valence-corrected chi connectivity index (χ4v) is 2.62. The molecule has 0 aromatic heterocycles. The molecule has 0 spiro atoms. The Morgan fingerprint density at radius 1 is 1.33 bits per heavy atom. The van der Waals surface area contributed by atoms with Gasteiger partial charge in [0.05, 0.1) is 19.8 Å². The molecule has 3 rings (SSSR count). The Morgan fingerprint density at radius 2 is 2.11 bits per heavy atom. The van der Waals surface area contributed by atoms with E-state index in [1.807, 2.05) is 0 Å². The van der Waals surface area contributed by atoms with Gasteiger partial charge in [-0.3, -0.25) is 0 Å². The van der Waals surface area contributed by atoms with Crippen LogP contribution in [-0.2, 0) is 17.6 Å². The second kappa shape index (κ2) is 4.49. The maximum Gasteiger partial charge on any atom is 0.404 e. The van der Waals surface area contributed by atoms with Gasteiger partial charge in [0.25, 0.3) is 0 Å². The predicted molar refractivity (Wildman–Crippen MR) is 64.1 cm³/mol. The molecule has 0 radical (unpaired) electrons. The number of rotatable bonds is 2. The fraction of sp³-hybridized carbons (Fsp3) is 0.462. The van der Waals surface area contributed by atoms with Crippen LogP contribution in [0.2, 0.25) is 0 Å². The van der Waals surface area contributed by atoms with Crippen molar-refractivity contribution in [1.29, 1.82) is 0 Å².